The van der Waals surface area contributed by atoms with Crippen LogP contribution in [0.4, 0.5) is 0 Å². The van der Waals surface area contributed by atoms with Gasteiger partial charge in [-0.2, -0.15) is 0 Å². The molecule has 2 rings (SSSR count). The minimum absolute atomic E-state index is 0.0826. The first-order valence-electron chi connectivity index (χ1n) is 4.87. The van der Waals surface area contributed by atoms with Crippen LogP contribution in [0, 0.1) is 6.92 Å². The van der Waals surface area contributed by atoms with Crippen molar-refractivity contribution in [1.29, 1.82) is 0 Å². The van der Waals surface area contributed by atoms with Gasteiger partial charge < -0.3 is 9.32 Å². The molecular weight excluding hydrogens is 224 g/mol. The molecule has 0 aromatic carbocycles. The largest absolute Gasteiger partial charge is 0.467 e. The Morgan fingerprint density at radius 1 is 1.62 bits per heavy atom. The van der Waals surface area contributed by atoms with Gasteiger partial charge in [-0.25, -0.2) is 4.98 Å². The minimum Gasteiger partial charge on any atom is -0.467 e. The van der Waals surface area contributed by atoms with Gasteiger partial charge in [-0.1, -0.05) is 0 Å². The zero-order chi connectivity index (χ0) is 11.5. The quantitative estimate of drug-likeness (QED) is 0.821. The number of amides is 1. The number of aromatic nitrogens is 1. The first-order valence-corrected chi connectivity index (χ1v) is 5.75. The van der Waals surface area contributed by atoms with Crippen LogP contribution in [0.15, 0.2) is 28.2 Å². The minimum atomic E-state index is -0.0826. The van der Waals surface area contributed by atoms with Gasteiger partial charge in [0.05, 0.1) is 17.8 Å². The van der Waals surface area contributed by atoms with E-state index < -0.39 is 0 Å². The molecular formula is C11H12N2O2S. The highest BCUT2D eigenvalue weighted by molar-refractivity contribution is 7.09. The van der Waals surface area contributed by atoms with Crippen LogP contribution in [-0.4, -0.2) is 22.8 Å². The number of hydrogen-bond donors (Lipinski definition) is 0. The molecule has 0 unspecified atom stereocenters. The van der Waals surface area contributed by atoms with E-state index in [1.54, 1.807) is 29.7 Å². The predicted octanol–water partition coefficient (Wildman–Crippen LogP) is 2.32. The average molecular weight is 236 g/mol. The van der Waals surface area contributed by atoms with E-state index in [0.717, 1.165) is 10.8 Å². The molecule has 0 radical (unpaired) electrons. The number of nitrogens with zero attached hydrogens (tertiary/aromatic N) is 2. The summed E-state index contributed by atoms with van der Waals surface area (Å²) in [6, 6.07) is 3.65. The Morgan fingerprint density at radius 2 is 2.44 bits per heavy atom. The number of thiazole rings is 1. The molecule has 84 valence electrons. The summed E-state index contributed by atoms with van der Waals surface area (Å²) in [5.41, 5.74) is 0.497. The Balaban J connectivity index is 2.05. The maximum absolute atomic E-state index is 11.9. The second-order valence-electron chi connectivity index (χ2n) is 3.49. The average Bonchev–Trinajstić information content (AvgIpc) is 2.88. The molecule has 1 amide bonds. The summed E-state index contributed by atoms with van der Waals surface area (Å²) in [7, 11) is 1.74. The van der Waals surface area contributed by atoms with E-state index in [0.29, 0.717) is 12.2 Å². The van der Waals surface area contributed by atoms with Crippen LogP contribution >= 0.6 is 11.3 Å². The third-order valence-corrected chi connectivity index (χ3v) is 2.93. The molecule has 0 fully saturated rings. The van der Waals surface area contributed by atoms with Crippen LogP contribution in [0.25, 0.3) is 0 Å². The normalized spacial score (nSPS) is 10.4. The highest BCUT2D eigenvalue weighted by Gasteiger charge is 2.15. The van der Waals surface area contributed by atoms with Gasteiger partial charge in [-0.15, -0.1) is 11.3 Å². The number of carbonyl (C=O) groups excluding carboxylic acids is 1. The van der Waals surface area contributed by atoms with Crippen LogP contribution < -0.4 is 0 Å². The van der Waals surface area contributed by atoms with E-state index in [2.05, 4.69) is 4.98 Å². The lowest BCUT2D eigenvalue weighted by Crippen LogP contribution is -2.26. The molecule has 2 aromatic heterocycles. The molecule has 0 aliphatic heterocycles. The number of carbonyl (C=O) groups is 1. The van der Waals surface area contributed by atoms with E-state index in [9.17, 15) is 4.79 Å². The molecule has 2 heterocycles. The Hall–Kier alpha value is -1.62. The summed E-state index contributed by atoms with van der Waals surface area (Å²) in [5.74, 6) is 0.684. The topological polar surface area (TPSA) is 46.3 Å². The van der Waals surface area contributed by atoms with E-state index >= 15 is 0 Å². The molecule has 5 heteroatoms. The first-order chi connectivity index (χ1) is 7.66. The van der Waals surface area contributed by atoms with Crippen LogP contribution in [-0.2, 0) is 6.54 Å². The smallest absolute Gasteiger partial charge is 0.273 e. The monoisotopic (exact) mass is 236 g/mol. The summed E-state index contributed by atoms with van der Waals surface area (Å²) in [6.07, 6.45) is 1.60. The van der Waals surface area contributed by atoms with Crippen LogP contribution in [0.3, 0.4) is 0 Å². The van der Waals surface area contributed by atoms with Crippen molar-refractivity contribution in [3.8, 4) is 0 Å². The Kier molecular flexibility index (Phi) is 3.05. The fourth-order valence-corrected chi connectivity index (χ4v) is 1.95. The third kappa shape index (κ3) is 2.30. The zero-order valence-corrected chi connectivity index (χ0v) is 9.95. The van der Waals surface area contributed by atoms with Crippen molar-refractivity contribution in [1.82, 2.24) is 9.88 Å². The molecule has 0 aliphatic rings. The molecule has 0 bridgehead atoms. The molecule has 16 heavy (non-hydrogen) atoms. The van der Waals surface area contributed by atoms with Crippen LogP contribution in [0.1, 0.15) is 21.3 Å². The summed E-state index contributed by atoms with van der Waals surface area (Å²) < 4.78 is 5.18. The molecule has 4 nitrogen and oxygen atoms in total. The van der Waals surface area contributed by atoms with Crippen LogP contribution in [0.5, 0.6) is 0 Å². The maximum atomic E-state index is 11.9. The fraction of sp³-hybridized carbons (Fsp3) is 0.273. The van der Waals surface area contributed by atoms with Crippen molar-refractivity contribution in [3.63, 3.8) is 0 Å². The van der Waals surface area contributed by atoms with E-state index in [1.165, 1.54) is 11.3 Å². The van der Waals surface area contributed by atoms with Gasteiger partial charge >= 0.3 is 0 Å². The van der Waals surface area contributed by atoms with Gasteiger partial charge in [-0.05, 0) is 19.1 Å². The van der Waals surface area contributed by atoms with Crippen molar-refractivity contribution in [2.45, 2.75) is 13.5 Å². The number of rotatable bonds is 3. The highest BCUT2D eigenvalue weighted by atomic mass is 32.1. The van der Waals surface area contributed by atoms with Gasteiger partial charge in [0.2, 0.25) is 0 Å². The van der Waals surface area contributed by atoms with Gasteiger partial charge in [0.1, 0.15) is 11.5 Å². The number of hydrogen-bond acceptors (Lipinski definition) is 4. The van der Waals surface area contributed by atoms with Crippen molar-refractivity contribution in [2.75, 3.05) is 7.05 Å². The summed E-state index contributed by atoms with van der Waals surface area (Å²) in [4.78, 5) is 17.7. The zero-order valence-electron chi connectivity index (χ0n) is 9.14. The Labute approximate surface area is 97.5 Å². The second-order valence-corrected chi connectivity index (χ2v) is 4.55. The molecule has 0 saturated heterocycles. The van der Waals surface area contributed by atoms with Crippen molar-refractivity contribution < 1.29 is 9.21 Å². The van der Waals surface area contributed by atoms with Gasteiger partial charge in [0, 0.05) is 12.4 Å². The molecule has 0 N–H and O–H groups in total. The van der Waals surface area contributed by atoms with Crippen molar-refractivity contribution >= 4 is 17.2 Å². The Bertz CT molecular complexity index is 476. The summed E-state index contributed by atoms with van der Waals surface area (Å²) in [5, 5.41) is 2.67. The van der Waals surface area contributed by atoms with Crippen LogP contribution in [0.2, 0.25) is 0 Å². The maximum Gasteiger partial charge on any atom is 0.273 e. The highest BCUT2D eigenvalue weighted by Crippen LogP contribution is 2.12. The number of aryl methyl sites for hydroxylation is 1. The molecule has 0 spiro atoms. The van der Waals surface area contributed by atoms with E-state index in [4.69, 9.17) is 4.42 Å². The lowest BCUT2D eigenvalue weighted by atomic mass is 10.3. The van der Waals surface area contributed by atoms with Gasteiger partial charge in [0.15, 0.2) is 0 Å². The summed E-state index contributed by atoms with van der Waals surface area (Å²) >= 11 is 1.48. The lowest BCUT2D eigenvalue weighted by Gasteiger charge is -2.13. The molecule has 0 atom stereocenters. The SMILES string of the molecule is Cc1nc(C(=O)N(C)Cc2ccco2)cs1. The predicted molar refractivity (Wildman–Crippen MR) is 61.4 cm³/mol. The van der Waals surface area contributed by atoms with Gasteiger partial charge in [-0.3, -0.25) is 4.79 Å². The fourth-order valence-electron chi connectivity index (χ4n) is 1.37. The van der Waals surface area contributed by atoms with Crippen molar-refractivity contribution in [2.24, 2.45) is 0 Å². The Morgan fingerprint density at radius 3 is 3.00 bits per heavy atom. The lowest BCUT2D eigenvalue weighted by molar-refractivity contribution is 0.0770. The van der Waals surface area contributed by atoms with Gasteiger partial charge in [0.25, 0.3) is 5.91 Å². The second kappa shape index (κ2) is 4.49. The summed E-state index contributed by atoms with van der Waals surface area (Å²) in [6.45, 7) is 2.34. The molecule has 0 aliphatic carbocycles. The van der Waals surface area contributed by atoms with E-state index in [1.807, 2.05) is 13.0 Å². The number of furan rings is 1. The third-order valence-electron chi connectivity index (χ3n) is 2.16. The first kappa shape index (κ1) is 10.9. The van der Waals surface area contributed by atoms with Crippen molar-refractivity contribution in [3.05, 3.63) is 40.2 Å². The standard InChI is InChI=1S/C11H12N2O2S/c1-8-12-10(7-16-8)11(14)13(2)6-9-4-3-5-15-9/h3-5,7H,6H2,1-2H3. The van der Waals surface area contributed by atoms with E-state index in [-0.39, 0.29) is 5.91 Å². The molecule has 2 aromatic rings. The molecule has 0 saturated carbocycles.